The van der Waals surface area contributed by atoms with Gasteiger partial charge in [-0.05, 0) is 55.2 Å². The molecule has 150 valence electrons. The molecule has 2 aromatic carbocycles. The van der Waals surface area contributed by atoms with E-state index in [4.69, 9.17) is 14.2 Å². The molecule has 4 rings (SSSR count). The van der Waals surface area contributed by atoms with Crippen molar-refractivity contribution < 1.29 is 24.4 Å². The first-order chi connectivity index (χ1) is 13.6. The Morgan fingerprint density at radius 1 is 1.07 bits per heavy atom. The van der Waals surface area contributed by atoms with Crippen LogP contribution < -0.4 is 14.2 Å². The smallest absolute Gasteiger partial charge is 0.231 e. The largest absolute Gasteiger partial charge is 0.494 e. The van der Waals surface area contributed by atoms with Crippen LogP contribution in [0.2, 0.25) is 0 Å². The molecule has 0 amide bonds. The van der Waals surface area contributed by atoms with Gasteiger partial charge in [0.05, 0.1) is 18.3 Å². The van der Waals surface area contributed by atoms with Crippen LogP contribution in [0.4, 0.5) is 0 Å². The Morgan fingerprint density at radius 2 is 1.79 bits per heavy atom. The molecule has 2 heterocycles. The highest BCUT2D eigenvalue weighted by molar-refractivity contribution is 5.46. The van der Waals surface area contributed by atoms with Crippen LogP contribution in [0, 0.1) is 0 Å². The van der Waals surface area contributed by atoms with E-state index in [9.17, 15) is 10.2 Å². The lowest BCUT2D eigenvalue weighted by molar-refractivity contribution is -0.0345. The molecule has 1 fully saturated rings. The first-order valence-electron chi connectivity index (χ1n) is 9.83. The van der Waals surface area contributed by atoms with Crippen LogP contribution in [0.3, 0.4) is 0 Å². The average molecular weight is 385 g/mol. The van der Waals surface area contributed by atoms with E-state index in [-0.39, 0.29) is 6.79 Å². The van der Waals surface area contributed by atoms with E-state index in [2.05, 4.69) is 4.90 Å². The van der Waals surface area contributed by atoms with Gasteiger partial charge in [0.15, 0.2) is 11.5 Å². The molecule has 2 aromatic rings. The van der Waals surface area contributed by atoms with Crippen LogP contribution >= 0.6 is 0 Å². The summed E-state index contributed by atoms with van der Waals surface area (Å²) in [4.78, 5) is 2.20. The Balaban J connectivity index is 1.34. The molecule has 2 aliphatic rings. The number of β-amino-alcohol motifs (C(OH)–C–C–N with tert-alkyl or cyclic N) is 1. The Morgan fingerprint density at radius 3 is 2.50 bits per heavy atom. The molecule has 0 spiro atoms. The monoisotopic (exact) mass is 385 g/mol. The predicted molar refractivity (Wildman–Crippen MR) is 105 cm³/mol. The summed E-state index contributed by atoms with van der Waals surface area (Å²) in [6.45, 7) is 4.80. The van der Waals surface area contributed by atoms with Gasteiger partial charge >= 0.3 is 0 Å². The fraction of sp³-hybridized carbons (Fsp3) is 0.455. The number of ether oxygens (including phenoxy) is 3. The van der Waals surface area contributed by atoms with Crippen molar-refractivity contribution in [3.8, 4) is 17.2 Å². The standard InChI is InChI=1S/C22H27NO5/c1-2-26-18-6-3-16(4-7-18)19(24)14-23-11-9-22(25,10-12-23)17-5-8-20-21(13-17)28-15-27-20/h3-8,13,19,24-25H,2,9-12,14-15H2,1H3. The summed E-state index contributed by atoms with van der Waals surface area (Å²) in [5.41, 5.74) is 0.866. The number of nitrogens with zero attached hydrogens (tertiary/aromatic N) is 1. The summed E-state index contributed by atoms with van der Waals surface area (Å²) in [5, 5.41) is 21.7. The van der Waals surface area contributed by atoms with Crippen LogP contribution in [0.1, 0.15) is 37.0 Å². The molecule has 0 saturated carbocycles. The number of hydrogen-bond donors (Lipinski definition) is 2. The molecule has 1 saturated heterocycles. The zero-order valence-corrected chi connectivity index (χ0v) is 16.1. The maximum absolute atomic E-state index is 11.1. The van der Waals surface area contributed by atoms with E-state index in [1.165, 1.54) is 0 Å². The van der Waals surface area contributed by atoms with Gasteiger partial charge in [-0.1, -0.05) is 18.2 Å². The molecule has 6 heteroatoms. The summed E-state index contributed by atoms with van der Waals surface area (Å²) in [6.07, 6.45) is 0.665. The first-order valence-corrected chi connectivity index (χ1v) is 9.83. The average Bonchev–Trinajstić information content (AvgIpc) is 3.18. The molecule has 28 heavy (non-hydrogen) atoms. The molecule has 0 bridgehead atoms. The number of aliphatic hydroxyl groups is 2. The first kappa shape index (κ1) is 19.1. The van der Waals surface area contributed by atoms with E-state index in [0.717, 1.165) is 35.7 Å². The van der Waals surface area contributed by atoms with Crippen molar-refractivity contribution in [2.75, 3.05) is 33.0 Å². The van der Waals surface area contributed by atoms with E-state index in [1.807, 2.05) is 49.4 Å². The number of rotatable bonds is 6. The second kappa shape index (κ2) is 7.99. The van der Waals surface area contributed by atoms with Gasteiger partial charge in [-0.2, -0.15) is 0 Å². The molecule has 1 unspecified atom stereocenters. The molecule has 0 aliphatic carbocycles. The van der Waals surface area contributed by atoms with Crippen molar-refractivity contribution in [3.63, 3.8) is 0 Å². The topological polar surface area (TPSA) is 71.4 Å². The van der Waals surface area contributed by atoms with Crippen LogP contribution in [-0.4, -0.2) is 48.1 Å². The Bertz CT molecular complexity index is 799. The third-order valence-electron chi connectivity index (χ3n) is 5.60. The fourth-order valence-electron chi connectivity index (χ4n) is 3.88. The third kappa shape index (κ3) is 3.94. The Labute approximate surface area is 165 Å². The van der Waals surface area contributed by atoms with E-state index in [0.29, 0.717) is 31.7 Å². The number of hydrogen-bond acceptors (Lipinski definition) is 6. The second-order valence-corrected chi connectivity index (χ2v) is 7.42. The van der Waals surface area contributed by atoms with Gasteiger partial charge < -0.3 is 29.3 Å². The highest BCUT2D eigenvalue weighted by Crippen LogP contribution is 2.39. The number of fused-ring (bicyclic) bond motifs is 1. The molecule has 2 N–H and O–H groups in total. The predicted octanol–water partition coefficient (Wildman–Crippen LogP) is 2.83. The summed E-state index contributed by atoms with van der Waals surface area (Å²) in [7, 11) is 0. The van der Waals surface area contributed by atoms with Crippen molar-refractivity contribution in [2.45, 2.75) is 31.5 Å². The van der Waals surface area contributed by atoms with Crippen LogP contribution in [0.25, 0.3) is 0 Å². The van der Waals surface area contributed by atoms with E-state index >= 15 is 0 Å². The van der Waals surface area contributed by atoms with Crippen molar-refractivity contribution in [1.82, 2.24) is 4.90 Å². The Kier molecular flexibility index (Phi) is 5.44. The minimum Gasteiger partial charge on any atom is -0.494 e. The van der Waals surface area contributed by atoms with Gasteiger partial charge in [0.25, 0.3) is 0 Å². The lowest BCUT2D eigenvalue weighted by Crippen LogP contribution is -2.43. The molecule has 1 atom stereocenters. The minimum absolute atomic E-state index is 0.231. The summed E-state index contributed by atoms with van der Waals surface area (Å²) >= 11 is 0. The molecular formula is C22H27NO5. The normalized spacial score (nSPS) is 19.4. The maximum atomic E-state index is 11.1. The quantitative estimate of drug-likeness (QED) is 0.797. The van der Waals surface area contributed by atoms with Gasteiger partial charge in [0, 0.05) is 19.6 Å². The molecule has 6 nitrogen and oxygen atoms in total. The second-order valence-electron chi connectivity index (χ2n) is 7.42. The van der Waals surface area contributed by atoms with Crippen molar-refractivity contribution in [1.29, 1.82) is 0 Å². The van der Waals surface area contributed by atoms with Crippen molar-refractivity contribution in [3.05, 3.63) is 53.6 Å². The minimum atomic E-state index is -0.873. The lowest BCUT2D eigenvalue weighted by atomic mass is 9.84. The summed E-state index contributed by atoms with van der Waals surface area (Å²) in [6, 6.07) is 13.2. The van der Waals surface area contributed by atoms with Crippen molar-refractivity contribution in [2.24, 2.45) is 0 Å². The van der Waals surface area contributed by atoms with Gasteiger partial charge in [0.1, 0.15) is 5.75 Å². The number of piperidine rings is 1. The van der Waals surface area contributed by atoms with Crippen molar-refractivity contribution >= 4 is 0 Å². The highest BCUT2D eigenvalue weighted by Gasteiger charge is 2.35. The Hall–Kier alpha value is -2.28. The molecule has 0 radical (unpaired) electrons. The molecular weight excluding hydrogens is 358 g/mol. The molecule has 2 aliphatic heterocycles. The number of aliphatic hydroxyl groups excluding tert-OH is 1. The van der Waals surface area contributed by atoms with Gasteiger partial charge in [-0.3, -0.25) is 0 Å². The summed E-state index contributed by atoms with van der Waals surface area (Å²) < 4.78 is 16.2. The SMILES string of the molecule is CCOc1ccc(C(O)CN2CCC(O)(c3ccc4c(c3)OCO4)CC2)cc1. The van der Waals surface area contributed by atoms with Gasteiger partial charge in [0.2, 0.25) is 6.79 Å². The number of benzene rings is 2. The summed E-state index contributed by atoms with van der Waals surface area (Å²) in [5.74, 6) is 2.23. The fourth-order valence-corrected chi connectivity index (χ4v) is 3.88. The number of likely N-dealkylation sites (tertiary alicyclic amines) is 1. The van der Waals surface area contributed by atoms with Crippen LogP contribution in [-0.2, 0) is 5.60 Å². The maximum Gasteiger partial charge on any atom is 0.231 e. The van der Waals surface area contributed by atoms with E-state index in [1.54, 1.807) is 0 Å². The van der Waals surface area contributed by atoms with Gasteiger partial charge in [-0.25, -0.2) is 0 Å². The highest BCUT2D eigenvalue weighted by atomic mass is 16.7. The van der Waals surface area contributed by atoms with Crippen LogP contribution in [0.5, 0.6) is 17.2 Å². The molecule has 0 aromatic heterocycles. The van der Waals surface area contributed by atoms with Gasteiger partial charge in [-0.15, -0.1) is 0 Å². The zero-order valence-electron chi connectivity index (χ0n) is 16.1. The lowest BCUT2D eigenvalue weighted by Gasteiger charge is -2.39. The zero-order chi connectivity index (χ0) is 19.6. The third-order valence-corrected chi connectivity index (χ3v) is 5.60. The van der Waals surface area contributed by atoms with E-state index < -0.39 is 11.7 Å². The van der Waals surface area contributed by atoms with Crippen LogP contribution in [0.15, 0.2) is 42.5 Å².